The number of benzene rings is 2. The fourth-order valence-corrected chi connectivity index (χ4v) is 3.50. The molecule has 158 valence electrons. The van der Waals surface area contributed by atoms with Crippen LogP contribution in [-0.4, -0.2) is 59.7 Å². The Hall–Kier alpha value is -2.99. The van der Waals surface area contributed by atoms with Gasteiger partial charge in [0.1, 0.15) is 6.54 Å². The van der Waals surface area contributed by atoms with Crippen molar-refractivity contribution in [2.45, 2.75) is 26.6 Å². The van der Waals surface area contributed by atoms with Crippen molar-refractivity contribution in [3.8, 4) is 0 Å². The zero-order valence-electron chi connectivity index (χ0n) is 17.5. The van der Waals surface area contributed by atoms with E-state index in [-0.39, 0.29) is 31.0 Å². The highest BCUT2D eigenvalue weighted by Crippen LogP contribution is 2.14. The minimum absolute atomic E-state index is 0.116. The zero-order valence-corrected chi connectivity index (χ0v) is 17.5. The maximum absolute atomic E-state index is 12.9. The monoisotopic (exact) mass is 408 g/mol. The summed E-state index contributed by atoms with van der Waals surface area (Å²) in [6.45, 7) is 5.52. The third kappa shape index (κ3) is 5.76. The van der Waals surface area contributed by atoms with Gasteiger partial charge in [0.2, 0.25) is 11.7 Å². The summed E-state index contributed by atoms with van der Waals surface area (Å²) in [5.74, 6) is -1.16. The second-order valence-corrected chi connectivity index (χ2v) is 7.99. The van der Waals surface area contributed by atoms with Gasteiger partial charge in [0, 0.05) is 25.2 Å². The van der Waals surface area contributed by atoms with Crippen LogP contribution >= 0.6 is 0 Å². The summed E-state index contributed by atoms with van der Waals surface area (Å²) in [4.78, 5) is 41.4. The average Bonchev–Trinajstić information content (AvgIpc) is 2.91. The molecular formula is C24H28N2O4. The van der Waals surface area contributed by atoms with E-state index in [1.54, 1.807) is 35.2 Å². The molecule has 0 spiro atoms. The number of Topliss-reactive ketones (excluding diaryl/α,β-unsaturated/α-hetero) is 1. The van der Waals surface area contributed by atoms with Gasteiger partial charge in [-0.25, -0.2) is 0 Å². The van der Waals surface area contributed by atoms with Gasteiger partial charge in [-0.1, -0.05) is 74.5 Å². The minimum atomic E-state index is -0.672. The van der Waals surface area contributed by atoms with Gasteiger partial charge < -0.3 is 14.5 Å². The zero-order chi connectivity index (χ0) is 21.5. The van der Waals surface area contributed by atoms with Crippen LogP contribution in [0.4, 0.5) is 0 Å². The molecule has 2 aromatic rings. The predicted octanol–water partition coefficient (Wildman–Crippen LogP) is 2.78. The second kappa shape index (κ2) is 10.2. The molecular weight excluding hydrogens is 380 g/mol. The van der Waals surface area contributed by atoms with Gasteiger partial charge in [-0.3, -0.25) is 14.4 Å². The first-order valence-electron chi connectivity index (χ1n) is 10.3. The topological polar surface area (TPSA) is 66.9 Å². The molecule has 1 aliphatic heterocycles. The highest BCUT2D eigenvalue weighted by molar-refractivity contribution is 6.42. The van der Waals surface area contributed by atoms with Gasteiger partial charge in [-0.05, 0) is 11.5 Å². The van der Waals surface area contributed by atoms with Crippen LogP contribution in [0.5, 0.6) is 0 Å². The van der Waals surface area contributed by atoms with E-state index in [0.29, 0.717) is 25.3 Å². The Labute approximate surface area is 177 Å². The van der Waals surface area contributed by atoms with Crippen LogP contribution < -0.4 is 0 Å². The number of amides is 2. The maximum Gasteiger partial charge on any atom is 0.295 e. The Bertz CT molecular complexity index is 867. The first-order chi connectivity index (χ1) is 14.4. The van der Waals surface area contributed by atoms with Crippen molar-refractivity contribution in [2.75, 3.05) is 26.2 Å². The molecule has 0 radical (unpaired) electrons. The third-order valence-electron chi connectivity index (χ3n) is 4.96. The number of rotatable bonds is 7. The first-order valence-corrected chi connectivity index (χ1v) is 10.3. The number of ether oxygens (including phenoxy) is 1. The molecule has 1 saturated heterocycles. The third-order valence-corrected chi connectivity index (χ3v) is 4.96. The molecule has 0 bridgehead atoms. The Balaban J connectivity index is 1.76. The van der Waals surface area contributed by atoms with E-state index in [1.165, 1.54) is 4.90 Å². The SMILES string of the molecule is CC(C)CN1CC(OCc2ccccc2)CN(C(=O)C(=O)c2ccccc2)CC1=O. The molecule has 3 rings (SSSR count). The van der Waals surface area contributed by atoms with E-state index in [4.69, 9.17) is 4.74 Å². The number of carbonyl (C=O) groups is 3. The quantitative estimate of drug-likeness (QED) is 0.522. The summed E-state index contributed by atoms with van der Waals surface area (Å²) in [5.41, 5.74) is 1.33. The van der Waals surface area contributed by atoms with Crippen LogP contribution in [0.15, 0.2) is 60.7 Å². The largest absolute Gasteiger partial charge is 0.370 e. The Morgan fingerprint density at radius 1 is 1.00 bits per heavy atom. The second-order valence-electron chi connectivity index (χ2n) is 7.99. The molecule has 2 amide bonds. The van der Waals surface area contributed by atoms with E-state index in [9.17, 15) is 14.4 Å². The van der Waals surface area contributed by atoms with Crippen molar-refractivity contribution in [3.05, 3.63) is 71.8 Å². The van der Waals surface area contributed by atoms with E-state index in [2.05, 4.69) is 0 Å². The van der Waals surface area contributed by atoms with Crippen LogP contribution in [0.3, 0.4) is 0 Å². The lowest BCUT2D eigenvalue weighted by atomic mass is 10.1. The van der Waals surface area contributed by atoms with Gasteiger partial charge in [0.05, 0.1) is 12.7 Å². The molecule has 6 heteroatoms. The summed E-state index contributed by atoms with van der Waals surface area (Å²) in [7, 11) is 0. The highest BCUT2D eigenvalue weighted by atomic mass is 16.5. The molecule has 1 aliphatic rings. The lowest BCUT2D eigenvalue weighted by molar-refractivity contribution is -0.136. The number of ketones is 1. The Morgan fingerprint density at radius 3 is 2.27 bits per heavy atom. The standard InChI is InChI=1S/C24H28N2O4/c1-18(2)13-25-14-21(30-17-19-9-5-3-6-10-19)15-26(16-22(25)27)24(29)23(28)20-11-7-4-8-12-20/h3-12,18,21H,13-17H2,1-2H3. The lowest BCUT2D eigenvalue weighted by Crippen LogP contribution is -2.43. The number of carbonyl (C=O) groups excluding carboxylic acids is 3. The summed E-state index contributed by atoms with van der Waals surface area (Å²) in [6, 6.07) is 18.2. The summed E-state index contributed by atoms with van der Waals surface area (Å²) >= 11 is 0. The Kier molecular flexibility index (Phi) is 7.36. The molecule has 1 fully saturated rings. The number of nitrogens with zero attached hydrogens (tertiary/aromatic N) is 2. The summed E-state index contributed by atoms with van der Waals surface area (Å²) < 4.78 is 6.08. The van der Waals surface area contributed by atoms with E-state index >= 15 is 0 Å². The van der Waals surface area contributed by atoms with Gasteiger partial charge in [0.15, 0.2) is 0 Å². The molecule has 0 saturated carbocycles. The highest BCUT2D eigenvalue weighted by Gasteiger charge is 2.33. The molecule has 0 aromatic heterocycles. The van der Waals surface area contributed by atoms with Crippen molar-refractivity contribution < 1.29 is 19.1 Å². The van der Waals surface area contributed by atoms with Gasteiger partial charge in [-0.2, -0.15) is 0 Å². The number of hydrogen-bond acceptors (Lipinski definition) is 4. The van der Waals surface area contributed by atoms with Crippen LogP contribution in [0.2, 0.25) is 0 Å². The van der Waals surface area contributed by atoms with Crippen molar-refractivity contribution in [3.63, 3.8) is 0 Å². The van der Waals surface area contributed by atoms with Crippen molar-refractivity contribution in [2.24, 2.45) is 5.92 Å². The first kappa shape index (κ1) is 21.7. The van der Waals surface area contributed by atoms with Gasteiger partial charge in [-0.15, -0.1) is 0 Å². The molecule has 1 heterocycles. The van der Waals surface area contributed by atoms with Gasteiger partial charge >= 0.3 is 0 Å². The van der Waals surface area contributed by atoms with Crippen LogP contribution in [-0.2, 0) is 20.9 Å². The molecule has 2 aromatic carbocycles. The summed E-state index contributed by atoms with van der Waals surface area (Å²) in [5, 5.41) is 0. The maximum atomic E-state index is 12.9. The predicted molar refractivity (Wildman–Crippen MR) is 114 cm³/mol. The average molecular weight is 408 g/mol. The smallest absolute Gasteiger partial charge is 0.295 e. The van der Waals surface area contributed by atoms with Crippen molar-refractivity contribution in [1.29, 1.82) is 0 Å². The van der Waals surface area contributed by atoms with Crippen molar-refractivity contribution >= 4 is 17.6 Å². The molecule has 0 N–H and O–H groups in total. The van der Waals surface area contributed by atoms with Crippen LogP contribution in [0.25, 0.3) is 0 Å². The lowest BCUT2D eigenvalue weighted by Gasteiger charge is -2.26. The van der Waals surface area contributed by atoms with Crippen LogP contribution in [0.1, 0.15) is 29.8 Å². The summed E-state index contributed by atoms with van der Waals surface area (Å²) in [6.07, 6.45) is -0.372. The van der Waals surface area contributed by atoms with E-state index in [1.807, 2.05) is 44.2 Å². The van der Waals surface area contributed by atoms with Crippen LogP contribution in [0, 0.1) is 5.92 Å². The molecule has 6 nitrogen and oxygen atoms in total. The fraction of sp³-hybridized carbons (Fsp3) is 0.375. The molecule has 1 unspecified atom stereocenters. The minimum Gasteiger partial charge on any atom is -0.370 e. The Morgan fingerprint density at radius 2 is 1.63 bits per heavy atom. The van der Waals surface area contributed by atoms with Gasteiger partial charge in [0.25, 0.3) is 5.91 Å². The molecule has 0 aliphatic carbocycles. The fourth-order valence-electron chi connectivity index (χ4n) is 3.50. The van der Waals surface area contributed by atoms with E-state index < -0.39 is 11.7 Å². The normalized spacial score (nSPS) is 17.2. The number of hydrogen-bond donors (Lipinski definition) is 0. The van der Waals surface area contributed by atoms with E-state index in [0.717, 1.165) is 5.56 Å². The molecule has 1 atom stereocenters. The molecule has 30 heavy (non-hydrogen) atoms. The van der Waals surface area contributed by atoms with Crippen molar-refractivity contribution in [1.82, 2.24) is 9.80 Å².